The molecule has 0 saturated heterocycles. The van der Waals surface area contributed by atoms with Crippen molar-refractivity contribution in [2.24, 2.45) is 0 Å². The highest BCUT2D eigenvalue weighted by Crippen LogP contribution is 2.21. The molecule has 2 rings (SSSR count). The molecule has 0 saturated carbocycles. The van der Waals surface area contributed by atoms with Gasteiger partial charge in [-0.2, -0.15) is 0 Å². The van der Waals surface area contributed by atoms with Gasteiger partial charge in [-0.25, -0.2) is 0 Å². The molecule has 5 nitrogen and oxygen atoms in total. The van der Waals surface area contributed by atoms with E-state index < -0.39 is 0 Å². The Morgan fingerprint density at radius 2 is 1.92 bits per heavy atom. The predicted octanol–water partition coefficient (Wildman–Crippen LogP) is 3.13. The van der Waals surface area contributed by atoms with Crippen LogP contribution in [-0.2, 0) is 11.3 Å². The molecule has 24 heavy (non-hydrogen) atoms. The molecule has 0 radical (unpaired) electrons. The van der Waals surface area contributed by atoms with E-state index in [-0.39, 0.29) is 36.2 Å². The fraction of sp³-hybridized carbons (Fsp3) is 0.333. The van der Waals surface area contributed by atoms with Crippen LogP contribution in [0.2, 0.25) is 5.02 Å². The molecule has 1 atom stereocenters. The highest BCUT2D eigenvalue weighted by atomic mass is 35.5. The van der Waals surface area contributed by atoms with E-state index in [1.165, 1.54) is 10.6 Å². The van der Waals surface area contributed by atoms with Crippen LogP contribution in [0.25, 0.3) is 0 Å². The van der Waals surface area contributed by atoms with Gasteiger partial charge >= 0.3 is 0 Å². The Morgan fingerprint density at radius 1 is 1.29 bits per heavy atom. The molecule has 128 valence electrons. The average molecular weight is 349 g/mol. The number of hydrogen-bond acceptors (Lipinski definition) is 3. The first-order valence-electron chi connectivity index (χ1n) is 7.71. The average Bonchev–Trinajstić information content (AvgIpc) is 2.53. The summed E-state index contributed by atoms with van der Waals surface area (Å²) in [6.07, 6.45) is 0.208. The summed E-state index contributed by atoms with van der Waals surface area (Å²) < 4.78 is 1.48. The van der Waals surface area contributed by atoms with Gasteiger partial charge in [-0.1, -0.05) is 23.7 Å². The normalized spacial score (nSPS) is 12.0. The molecule has 1 aromatic carbocycles. The molecule has 6 heteroatoms. The number of carbonyl (C=O) groups is 1. The Labute approximate surface area is 146 Å². The van der Waals surface area contributed by atoms with Gasteiger partial charge in [-0.05, 0) is 37.6 Å². The molecule has 1 aromatic heterocycles. The third kappa shape index (κ3) is 4.17. The van der Waals surface area contributed by atoms with Crippen LogP contribution in [0.5, 0.6) is 5.75 Å². The Morgan fingerprint density at radius 3 is 2.50 bits per heavy atom. The smallest absolute Gasteiger partial charge is 0.254 e. The van der Waals surface area contributed by atoms with Crippen molar-refractivity contribution in [2.45, 2.75) is 32.9 Å². The van der Waals surface area contributed by atoms with E-state index in [1.807, 2.05) is 19.1 Å². The molecular formula is C18H21ClN2O3. The maximum Gasteiger partial charge on any atom is 0.254 e. The number of carbonyl (C=O) groups excluding carboxylic acids is 1. The lowest BCUT2D eigenvalue weighted by Gasteiger charge is -2.25. The number of hydrogen-bond donors (Lipinski definition) is 1. The molecular weight excluding hydrogens is 328 g/mol. The van der Waals surface area contributed by atoms with Crippen LogP contribution in [0.4, 0.5) is 0 Å². The van der Waals surface area contributed by atoms with Gasteiger partial charge in [0, 0.05) is 36.8 Å². The maximum absolute atomic E-state index is 12.4. The zero-order valence-electron chi connectivity index (χ0n) is 14.0. The maximum atomic E-state index is 12.4. The Balaban J connectivity index is 2.04. The summed E-state index contributed by atoms with van der Waals surface area (Å²) in [5, 5.41) is 10.1. The van der Waals surface area contributed by atoms with E-state index in [0.717, 1.165) is 11.6 Å². The Hall–Kier alpha value is -2.27. The molecule has 0 aliphatic rings. The lowest BCUT2D eigenvalue weighted by molar-refractivity contribution is -0.132. The van der Waals surface area contributed by atoms with Gasteiger partial charge in [0.15, 0.2) is 0 Å². The number of aryl methyl sites for hydroxylation is 1. The monoisotopic (exact) mass is 348 g/mol. The van der Waals surface area contributed by atoms with Gasteiger partial charge in [0.2, 0.25) is 5.91 Å². The van der Waals surface area contributed by atoms with Crippen LogP contribution in [-0.4, -0.2) is 27.5 Å². The van der Waals surface area contributed by atoms with Gasteiger partial charge in [-0.15, -0.1) is 0 Å². The van der Waals surface area contributed by atoms with Crippen molar-refractivity contribution in [1.29, 1.82) is 0 Å². The van der Waals surface area contributed by atoms with Crippen molar-refractivity contribution in [3.05, 3.63) is 63.0 Å². The Bertz CT molecular complexity index is 784. The topological polar surface area (TPSA) is 62.5 Å². The van der Waals surface area contributed by atoms with Crippen molar-refractivity contribution in [2.75, 3.05) is 7.05 Å². The fourth-order valence-electron chi connectivity index (χ4n) is 2.56. The summed E-state index contributed by atoms with van der Waals surface area (Å²) in [4.78, 5) is 26.0. The van der Waals surface area contributed by atoms with Crippen molar-refractivity contribution in [3.63, 3.8) is 0 Å². The fourth-order valence-corrected chi connectivity index (χ4v) is 2.69. The summed E-state index contributed by atoms with van der Waals surface area (Å²) in [7, 11) is 1.74. The van der Waals surface area contributed by atoms with Crippen molar-refractivity contribution in [3.8, 4) is 5.75 Å². The first-order chi connectivity index (χ1) is 11.3. The van der Waals surface area contributed by atoms with E-state index in [2.05, 4.69) is 0 Å². The zero-order valence-corrected chi connectivity index (χ0v) is 14.7. The molecule has 0 aliphatic heterocycles. The van der Waals surface area contributed by atoms with Crippen molar-refractivity contribution in [1.82, 2.24) is 9.47 Å². The molecule has 0 aliphatic carbocycles. The first-order valence-corrected chi connectivity index (χ1v) is 8.09. The minimum atomic E-state index is -0.311. The summed E-state index contributed by atoms with van der Waals surface area (Å²) in [6, 6.07) is 9.95. The third-order valence-electron chi connectivity index (χ3n) is 4.20. The minimum absolute atomic E-state index is 0.0585. The second-order valence-electron chi connectivity index (χ2n) is 5.83. The number of aromatic hydroxyl groups is 1. The molecule has 0 fully saturated rings. The van der Waals surface area contributed by atoms with E-state index in [1.54, 1.807) is 31.0 Å². The summed E-state index contributed by atoms with van der Waals surface area (Å²) >= 11 is 5.89. The third-order valence-corrected chi connectivity index (χ3v) is 4.45. The van der Waals surface area contributed by atoms with Gasteiger partial charge in [0.05, 0.1) is 6.04 Å². The summed E-state index contributed by atoms with van der Waals surface area (Å²) in [5.41, 5.74) is 1.31. The van der Waals surface area contributed by atoms with E-state index in [4.69, 9.17) is 11.6 Å². The first kappa shape index (κ1) is 18.1. The minimum Gasteiger partial charge on any atom is -0.508 e. The quantitative estimate of drug-likeness (QED) is 0.903. The number of benzene rings is 1. The zero-order chi connectivity index (χ0) is 17.9. The lowest BCUT2D eigenvalue weighted by Crippen LogP contribution is -2.31. The lowest BCUT2D eigenvalue weighted by atomic mass is 10.1. The largest absolute Gasteiger partial charge is 0.508 e. The number of amides is 1. The van der Waals surface area contributed by atoms with Crippen molar-refractivity contribution < 1.29 is 9.90 Å². The van der Waals surface area contributed by atoms with Gasteiger partial charge in [0.1, 0.15) is 5.75 Å². The molecule has 0 bridgehead atoms. The van der Waals surface area contributed by atoms with Gasteiger partial charge in [-0.3, -0.25) is 9.59 Å². The van der Waals surface area contributed by atoms with Crippen LogP contribution >= 0.6 is 11.6 Å². The molecule has 1 heterocycles. The van der Waals surface area contributed by atoms with Gasteiger partial charge in [0.25, 0.3) is 5.56 Å². The predicted molar refractivity (Wildman–Crippen MR) is 94.4 cm³/mol. The van der Waals surface area contributed by atoms with Crippen LogP contribution < -0.4 is 5.56 Å². The summed E-state index contributed by atoms with van der Waals surface area (Å²) in [5.74, 6) is -0.120. The van der Waals surface area contributed by atoms with E-state index >= 15 is 0 Å². The second kappa shape index (κ2) is 7.53. The molecule has 1 N–H and O–H groups in total. The SMILES string of the molecule is Cc1cc(O)cc(=O)n1CCC(=O)N(C)[C@H](C)c1ccc(Cl)cc1. The number of rotatable bonds is 5. The molecule has 2 aromatic rings. The number of pyridine rings is 1. The van der Waals surface area contributed by atoms with Gasteiger partial charge < -0.3 is 14.6 Å². The van der Waals surface area contributed by atoms with Crippen LogP contribution in [0.3, 0.4) is 0 Å². The van der Waals surface area contributed by atoms with E-state index in [9.17, 15) is 14.7 Å². The number of halogens is 1. The number of nitrogens with zero attached hydrogens (tertiary/aromatic N) is 2. The van der Waals surface area contributed by atoms with Crippen LogP contribution in [0, 0.1) is 6.92 Å². The van der Waals surface area contributed by atoms with E-state index in [0.29, 0.717) is 10.7 Å². The van der Waals surface area contributed by atoms with Crippen LogP contribution in [0.1, 0.15) is 30.6 Å². The molecule has 0 spiro atoms. The van der Waals surface area contributed by atoms with Crippen molar-refractivity contribution >= 4 is 17.5 Å². The standard InChI is InChI=1S/C18H21ClN2O3/c1-12-10-16(22)11-18(24)21(12)9-8-17(23)20(3)13(2)14-4-6-15(19)7-5-14/h4-7,10-11,13,22H,8-9H2,1-3H3/t13-/m1/s1. The summed E-state index contributed by atoms with van der Waals surface area (Å²) in [6.45, 7) is 3.95. The highest BCUT2D eigenvalue weighted by Gasteiger charge is 2.17. The molecule has 1 amide bonds. The Kier molecular flexibility index (Phi) is 5.67. The highest BCUT2D eigenvalue weighted by molar-refractivity contribution is 6.30. The van der Waals surface area contributed by atoms with Crippen LogP contribution in [0.15, 0.2) is 41.2 Å². The molecule has 0 unspecified atom stereocenters. The number of aromatic nitrogens is 1. The second-order valence-corrected chi connectivity index (χ2v) is 6.26.